The second-order valence-corrected chi connectivity index (χ2v) is 5.80. The number of aryl methyl sites for hydroxylation is 1. The van der Waals surface area contributed by atoms with Crippen molar-refractivity contribution in [2.24, 2.45) is 5.10 Å². The molecule has 0 atom stereocenters. The Morgan fingerprint density at radius 2 is 2.12 bits per heavy atom. The number of nitrogens with zero attached hydrogens (tertiary/aromatic N) is 2. The number of amides is 1. The number of hydrazone groups is 1. The zero-order valence-corrected chi connectivity index (χ0v) is 15.7. The van der Waals surface area contributed by atoms with E-state index in [0.29, 0.717) is 28.1 Å². The number of benzene rings is 1. The van der Waals surface area contributed by atoms with Crippen LogP contribution in [0.3, 0.4) is 0 Å². The van der Waals surface area contributed by atoms with Crippen LogP contribution in [0.25, 0.3) is 0 Å². The number of halogens is 1. The highest BCUT2D eigenvalue weighted by Crippen LogP contribution is 2.35. The maximum Gasteiger partial charge on any atom is 0.276 e. The number of methoxy groups -OCH3 is 2. The third-order valence-electron chi connectivity index (χ3n) is 3.44. The minimum absolute atomic E-state index is 0.0370. The third-order valence-corrected chi connectivity index (χ3v) is 4.03. The predicted octanol–water partition coefficient (Wildman–Crippen LogP) is 2.41. The van der Waals surface area contributed by atoms with Crippen molar-refractivity contribution in [3.05, 3.63) is 56.4 Å². The number of rotatable bonds is 6. The van der Waals surface area contributed by atoms with Gasteiger partial charge in [0.15, 0.2) is 11.5 Å². The quantitative estimate of drug-likeness (QED) is 0.588. The van der Waals surface area contributed by atoms with Crippen molar-refractivity contribution >= 4 is 28.1 Å². The van der Waals surface area contributed by atoms with Crippen LogP contribution in [0.1, 0.15) is 22.8 Å². The lowest BCUT2D eigenvalue weighted by Crippen LogP contribution is -2.30. The van der Waals surface area contributed by atoms with Crippen LogP contribution in [0.5, 0.6) is 11.5 Å². The lowest BCUT2D eigenvalue weighted by molar-refractivity contribution is 0.0953. The van der Waals surface area contributed by atoms with Crippen molar-refractivity contribution in [1.29, 1.82) is 0 Å². The van der Waals surface area contributed by atoms with Crippen molar-refractivity contribution in [1.82, 2.24) is 9.99 Å². The van der Waals surface area contributed by atoms with E-state index in [1.54, 1.807) is 31.5 Å². The van der Waals surface area contributed by atoms with E-state index in [2.05, 4.69) is 26.5 Å². The van der Waals surface area contributed by atoms with E-state index in [9.17, 15) is 9.59 Å². The Morgan fingerprint density at radius 1 is 1.36 bits per heavy atom. The van der Waals surface area contributed by atoms with Gasteiger partial charge in [-0.2, -0.15) is 5.10 Å². The van der Waals surface area contributed by atoms with E-state index in [1.165, 1.54) is 24.0 Å². The number of hydrogen-bond donors (Lipinski definition) is 1. The maximum atomic E-state index is 12.1. The molecular formula is C17H18BrN3O4. The summed E-state index contributed by atoms with van der Waals surface area (Å²) in [5.74, 6) is 0.523. The van der Waals surface area contributed by atoms with E-state index in [0.717, 1.165) is 0 Å². The first-order valence-electron chi connectivity index (χ1n) is 7.46. The maximum absolute atomic E-state index is 12.1. The van der Waals surface area contributed by atoms with Crippen LogP contribution in [0, 0.1) is 0 Å². The molecule has 7 nitrogen and oxygen atoms in total. The Balaban J connectivity index is 2.17. The molecule has 0 fully saturated rings. The van der Waals surface area contributed by atoms with Crippen LogP contribution in [-0.2, 0) is 6.54 Å². The van der Waals surface area contributed by atoms with Crippen LogP contribution in [0.15, 0.2) is 44.8 Å². The Morgan fingerprint density at radius 3 is 2.76 bits per heavy atom. The van der Waals surface area contributed by atoms with Gasteiger partial charge in [0.25, 0.3) is 11.5 Å². The normalized spacial score (nSPS) is 10.7. The lowest BCUT2D eigenvalue weighted by Gasteiger charge is -2.10. The van der Waals surface area contributed by atoms with Gasteiger partial charge in [-0.1, -0.05) is 0 Å². The summed E-state index contributed by atoms with van der Waals surface area (Å²) in [6.07, 6.45) is 3.08. The van der Waals surface area contributed by atoms with Gasteiger partial charge in [-0.3, -0.25) is 9.59 Å². The van der Waals surface area contributed by atoms with E-state index in [1.807, 2.05) is 6.92 Å². The van der Waals surface area contributed by atoms with Gasteiger partial charge in [0.1, 0.15) is 5.56 Å². The second kappa shape index (κ2) is 8.48. The summed E-state index contributed by atoms with van der Waals surface area (Å²) >= 11 is 3.38. The molecule has 1 N–H and O–H groups in total. The number of carbonyl (C=O) groups excluding carboxylic acids is 1. The fourth-order valence-corrected chi connectivity index (χ4v) is 2.82. The molecule has 0 saturated heterocycles. The van der Waals surface area contributed by atoms with E-state index in [4.69, 9.17) is 9.47 Å². The summed E-state index contributed by atoms with van der Waals surface area (Å²) in [5, 5.41) is 3.90. The van der Waals surface area contributed by atoms with Gasteiger partial charge in [0.2, 0.25) is 0 Å². The highest BCUT2D eigenvalue weighted by Gasteiger charge is 2.11. The highest BCUT2D eigenvalue weighted by atomic mass is 79.9. The molecule has 8 heteroatoms. The zero-order valence-electron chi connectivity index (χ0n) is 14.1. The Bertz CT molecular complexity index is 861. The average molecular weight is 408 g/mol. The second-order valence-electron chi connectivity index (χ2n) is 4.95. The minimum atomic E-state index is -0.566. The molecule has 0 aliphatic carbocycles. The van der Waals surface area contributed by atoms with Crippen LogP contribution >= 0.6 is 15.9 Å². The molecular weight excluding hydrogens is 390 g/mol. The third kappa shape index (κ3) is 4.27. The first-order chi connectivity index (χ1) is 12.0. The molecule has 2 aromatic rings. The Labute approximate surface area is 153 Å². The summed E-state index contributed by atoms with van der Waals surface area (Å²) in [5.41, 5.74) is 2.72. The molecule has 1 amide bonds. The lowest BCUT2D eigenvalue weighted by atomic mass is 10.2. The van der Waals surface area contributed by atoms with Gasteiger partial charge >= 0.3 is 0 Å². The predicted molar refractivity (Wildman–Crippen MR) is 98.7 cm³/mol. The van der Waals surface area contributed by atoms with Crippen molar-refractivity contribution < 1.29 is 14.3 Å². The summed E-state index contributed by atoms with van der Waals surface area (Å²) < 4.78 is 12.6. The number of carbonyl (C=O) groups is 1. The molecule has 25 heavy (non-hydrogen) atoms. The molecule has 0 bridgehead atoms. The Kier molecular flexibility index (Phi) is 6.35. The topological polar surface area (TPSA) is 81.9 Å². The molecule has 1 aromatic heterocycles. The smallest absolute Gasteiger partial charge is 0.276 e. The zero-order chi connectivity index (χ0) is 18.4. The van der Waals surface area contributed by atoms with Gasteiger partial charge < -0.3 is 14.0 Å². The molecule has 1 heterocycles. The molecule has 0 unspecified atom stereocenters. The van der Waals surface area contributed by atoms with Crippen molar-refractivity contribution in [3.63, 3.8) is 0 Å². The summed E-state index contributed by atoms with van der Waals surface area (Å²) in [4.78, 5) is 24.2. The van der Waals surface area contributed by atoms with Crippen LogP contribution in [-0.4, -0.2) is 30.9 Å². The fraction of sp³-hybridized carbons (Fsp3) is 0.235. The van der Waals surface area contributed by atoms with Gasteiger partial charge in [-0.15, -0.1) is 0 Å². The molecule has 0 radical (unpaired) electrons. The SMILES string of the molecule is CCn1cccc(C(=O)N/N=C\c2cc(Br)c(OC)c(OC)c2)c1=O. The number of hydrogen-bond acceptors (Lipinski definition) is 5. The van der Waals surface area contributed by atoms with Crippen molar-refractivity contribution in [2.75, 3.05) is 14.2 Å². The number of nitrogens with one attached hydrogen (secondary N) is 1. The van der Waals surface area contributed by atoms with Gasteiger partial charge in [-0.25, -0.2) is 5.43 Å². The Hall–Kier alpha value is -2.61. The van der Waals surface area contributed by atoms with Crippen molar-refractivity contribution in [2.45, 2.75) is 13.5 Å². The van der Waals surface area contributed by atoms with Crippen molar-refractivity contribution in [3.8, 4) is 11.5 Å². The summed E-state index contributed by atoms with van der Waals surface area (Å²) in [7, 11) is 3.07. The van der Waals surface area contributed by atoms with E-state index in [-0.39, 0.29) is 11.1 Å². The van der Waals surface area contributed by atoms with Crippen LogP contribution < -0.4 is 20.5 Å². The van der Waals surface area contributed by atoms with E-state index >= 15 is 0 Å². The van der Waals surface area contributed by atoms with Gasteiger partial charge in [-0.05, 0) is 52.7 Å². The minimum Gasteiger partial charge on any atom is -0.493 e. The standard InChI is InChI=1S/C17H18BrN3O4/c1-4-21-7-5-6-12(17(21)23)16(22)20-19-10-11-8-13(18)15(25-3)14(9-11)24-2/h5-10H,4H2,1-3H3,(H,20,22)/b19-10-. The molecule has 1 aromatic carbocycles. The monoisotopic (exact) mass is 407 g/mol. The fourth-order valence-electron chi connectivity index (χ4n) is 2.20. The molecule has 0 aliphatic rings. The largest absolute Gasteiger partial charge is 0.493 e. The first-order valence-corrected chi connectivity index (χ1v) is 8.25. The molecule has 2 rings (SSSR count). The number of aromatic nitrogens is 1. The number of ether oxygens (including phenoxy) is 2. The molecule has 0 spiro atoms. The molecule has 0 saturated carbocycles. The van der Waals surface area contributed by atoms with Gasteiger partial charge in [0.05, 0.1) is 24.9 Å². The number of pyridine rings is 1. The van der Waals surface area contributed by atoms with Crippen LogP contribution in [0.2, 0.25) is 0 Å². The molecule has 0 aliphatic heterocycles. The summed E-state index contributed by atoms with van der Waals surface area (Å²) in [6, 6.07) is 6.59. The van der Waals surface area contributed by atoms with E-state index < -0.39 is 5.91 Å². The average Bonchev–Trinajstić information content (AvgIpc) is 2.61. The molecule has 132 valence electrons. The first kappa shape index (κ1) is 18.7. The van der Waals surface area contributed by atoms with Crippen LogP contribution in [0.4, 0.5) is 0 Å². The summed E-state index contributed by atoms with van der Waals surface area (Å²) in [6.45, 7) is 2.32. The van der Waals surface area contributed by atoms with Gasteiger partial charge in [0, 0.05) is 12.7 Å². The highest BCUT2D eigenvalue weighted by molar-refractivity contribution is 9.10.